The van der Waals surface area contributed by atoms with Crippen molar-refractivity contribution in [2.24, 2.45) is 0 Å². The first-order valence-electron chi connectivity index (χ1n) is 12.8. The highest BCUT2D eigenvalue weighted by molar-refractivity contribution is 9.10. The smallest absolute Gasteiger partial charge is 0.306 e. The Balaban J connectivity index is 0.000000238. The lowest BCUT2D eigenvalue weighted by molar-refractivity contribution is -0.140. The van der Waals surface area contributed by atoms with Crippen LogP contribution in [-0.4, -0.2) is 86.3 Å². The molecular formula is C28H35BrN2O8S. The van der Waals surface area contributed by atoms with Crippen molar-refractivity contribution in [3.8, 4) is 11.5 Å². The Bertz CT molecular complexity index is 1270. The summed E-state index contributed by atoms with van der Waals surface area (Å²) in [4.78, 5) is 38.6. The Hall–Kier alpha value is -3.12. The van der Waals surface area contributed by atoms with Gasteiger partial charge in [0, 0.05) is 26.2 Å². The fourth-order valence-electron chi connectivity index (χ4n) is 4.43. The van der Waals surface area contributed by atoms with Gasteiger partial charge in [-0.25, -0.2) is 8.42 Å². The van der Waals surface area contributed by atoms with Gasteiger partial charge in [-0.2, -0.15) is 0 Å². The van der Waals surface area contributed by atoms with Crippen LogP contribution in [0, 0.1) is 0 Å². The number of methoxy groups -OCH3 is 3. The number of hydrogen-bond acceptors (Lipinski definition) is 8. The molecule has 10 nitrogen and oxygen atoms in total. The maximum Gasteiger partial charge on any atom is 0.306 e. The molecule has 2 unspecified atom stereocenters. The number of alkyl halides is 1. The standard InChI is InChI=1S/C16H21NO6S.C12H14BrNO2/c1-22-13-5-3-12(4-6-13)11-17-9-7-14(16(17)19)24(20,21)10-8-15(18)23-2;1-16-10-4-2-9(3-5-10)8-14-7-6-11(13)12(14)15/h3-6,14H,7-11H2,1-2H3;2-5,11H,6-8H2,1H3. The zero-order valence-corrected chi connectivity index (χ0v) is 25.3. The van der Waals surface area contributed by atoms with Crippen LogP contribution in [0.1, 0.15) is 30.4 Å². The average Bonchev–Trinajstić information content (AvgIpc) is 3.49. The molecule has 218 valence electrons. The Labute approximate surface area is 243 Å². The number of carbonyl (C=O) groups is 3. The summed E-state index contributed by atoms with van der Waals surface area (Å²) in [6.07, 6.45) is 0.911. The first kappa shape index (κ1) is 31.4. The van der Waals surface area contributed by atoms with E-state index in [4.69, 9.17) is 9.47 Å². The van der Waals surface area contributed by atoms with Gasteiger partial charge in [0.1, 0.15) is 16.7 Å². The number of likely N-dealkylation sites (tertiary alicyclic amines) is 2. The molecule has 2 amide bonds. The van der Waals surface area contributed by atoms with E-state index in [0.29, 0.717) is 19.6 Å². The molecule has 2 aromatic carbocycles. The van der Waals surface area contributed by atoms with Crippen molar-refractivity contribution in [2.75, 3.05) is 40.2 Å². The highest BCUT2D eigenvalue weighted by Gasteiger charge is 2.40. The summed E-state index contributed by atoms with van der Waals surface area (Å²) in [6, 6.07) is 15.1. The Morgan fingerprint density at radius 1 is 0.825 bits per heavy atom. The van der Waals surface area contributed by atoms with Crippen molar-refractivity contribution >= 4 is 43.6 Å². The van der Waals surface area contributed by atoms with Gasteiger partial charge in [0.25, 0.3) is 0 Å². The minimum atomic E-state index is -3.66. The van der Waals surface area contributed by atoms with Crippen LogP contribution in [-0.2, 0) is 42.0 Å². The summed E-state index contributed by atoms with van der Waals surface area (Å²) in [5.74, 6) is 0.377. The lowest BCUT2D eigenvalue weighted by Crippen LogP contribution is -2.35. The van der Waals surface area contributed by atoms with Crippen molar-refractivity contribution < 1.29 is 37.0 Å². The van der Waals surface area contributed by atoms with Crippen molar-refractivity contribution in [2.45, 2.75) is 42.4 Å². The number of amides is 2. The minimum absolute atomic E-state index is 0.00532. The third kappa shape index (κ3) is 8.44. The molecule has 0 aromatic heterocycles. The average molecular weight is 640 g/mol. The summed E-state index contributed by atoms with van der Waals surface area (Å²) in [5.41, 5.74) is 2.03. The second kappa shape index (κ2) is 14.5. The van der Waals surface area contributed by atoms with E-state index in [1.807, 2.05) is 41.3 Å². The topological polar surface area (TPSA) is 120 Å². The number of esters is 1. The molecule has 0 aliphatic carbocycles. The maximum atomic E-state index is 12.4. The quantitative estimate of drug-likeness (QED) is 0.288. The maximum absolute atomic E-state index is 12.4. The number of nitrogens with zero attached hydrogens (tertiary/aromatic N) is 2. The summed E-state index contributed by atoms with van der Waals surface area (Å²) in [5, 5.41) is -1.07. The number of benzene rings is 2. The molecule has 0 spiro atoms. The summed E-state index contributed by atoms with van der Waals surface area (Å²) < 4.78 is 39.2. The fraction of sp³-hybridized carbons (Fsp3) is 0.464. The molecular weight excluding hydrogens is 604 g/mol. The lowest BCUT2D eigenvalue weighted by atomic mass is 10.2. The number of halogens is 1. The van der Waals surface area contributed by atoms with E-state index < -0.39 is 27.0 Å². The monoisotopic (exact) mass is 638 g/mol. The predicted octanol–water partition coefficient (Wildman–Crippen LogP) is 2.97. The van der Waals surface area contributed by atoms with E-state index in [0.717, 1.165) is 35.6 Å². The number of rotatable bonds is 10. The first-order chi connectivity index (χ1) is 19.1. The van der Waals surface area contributed by atoms with Crippen LogP contribution in [0.15, 0.2) is 48.5 Å². The van der Waals surface area contributed by atoms with Crippen LogP contribution in [0.3, 0.4) is 0 Å². The predicted molar refractivity (Wildman–Crippen MR) is 153 cm³/mol. The van der Waals surface area contributed by atoms with Crippen molar-refractivity contribution in [1.29, 1.82) is 0 Å². The van der Waals surface area contributed by atoms with E-state index in [1.54, 1.807) is 26.4 Å². The van der Waals surface area contributed by atoms with Gasteiger partial charge < -0.3 is 24.0 Å². The molecule has 0 radical (unpaired) electrons. The lowest BCUT2D eigenvalue weighted by Gasteiger charge is -2.17. The minimum Gasteiger partial charge on any atom is -0.497 e. The van der Waals surface area contributed by atoms with Gasteiger partial charge in [-0.15, -0.1) is 0 Å². The second-order valence-electron chi connectivity index (χ2n) is 9.44. The molecule has 40 heavy (non-hydrogen) atoms. The van der Waals surface area contributed by atoms with E-state index >= 15 is 0 Å². The summed E-state index contributed by atoms with van der Waals surface area (Å²) in [6.45, 7) is 2.25. The molecule has 2 aliphatic rings. The number of carbonyl (C=O) groups excluding carboxylic acids is 3. The third-order valence-electron chi connectivity index (χ3n) is 6.80. The van der Waals surface area contributed by atoms with Gasteiger partial charge >= 0.3 is 5.97 Å². The van der Waals surface area contributed by atoms with Gasteiger partial charge in [0.2, 0.25) is 11.8 Å². The normalized spacial score (nSPS) is 18.8. The summed E-state index contributed by atoms with van der Waals surface area (Å²) in [7, 11) is 0.758. The number of hydrogen-bond donors (Lipinski definition) is 0. The highest BCUT2D eigenvalue weighted by Crippen LogP contribution is 2.23. The largest absolute Gasteiger partial charge is 0.497 e. The summed E-state index contributed by atoms with van der Waals surface area (Å²) >= 11 is 3.37. The SMILES string of the molecule is COC(=O)CCS(=O)(=O)C1CCN(Cc2ccc(OC)cc2)C1=O.COc1ccc(CN2CCC(Br)C2=O)cc1. The molecule has 4 rings (SSSR count). The van der Waals surface area contributed by atoms with Crippen LogP contribution in [0.5, 0.6) is 11.5 Å². The second-order valence-corrected chi connectivity index (χ2v) is 12.9. The molecule has 2 saturated heterocycles. The molecule has 0 bridgehead atoms. The molecule has 2 heterocycles. The van der Waals surface area contributed by atoms with Gasteiger partial charge in [0.05, 0.1) is 38.3 Å². The van der Waals surface area contributed by atoms with Crippen LogP contribution >= 0.6 is 15.9 Å². The molecule has 0 saturated carbocycles. The van der Waals surface area contributed by atoms with Crippen LogP contribution in [0.25, 0.3) is 0 Å². The molecule has 2 atom stereocenters. The Kier molecular flexibility index (Phi) is 11.4. The van der Waals surface area contributed by atoms with E-state index in [9.17, 15) is 22.8 Å². The van der Waals surface area contributed by atoms with Crippen LogP contribution in [0.2, 0.25) is 0 Å². The van der Waals surface area contributed by atoms with E-state index in [-0.39, 0.29) is 29.3 Å². The Morgan fingerprint density at radius 2 is 1.30 bits per heavy atom. The zero-order valence-electron chi connectivity index (χ0n) is 22.9. The van der Waals surface area contributed by atoms with Gasteiger partial charge in [-0.1, -0.05) is 40.2 Å². The molecule has 2 fully saturated rings. The van der Waals surface area contributed by atoms with E-state index in [2.05, 4.69) is 20.7 Å². The number of sulfone groups is 1. The van der Waals surface area contributed by atoms with Gasteiger partial charge in [-0.05, 0) is 48.2 Å². The van der Waals surface area contributed by atoms with Crippen molar-refractivity contribution in [3.05, 3.63) is 59.7 Å². The molecule has 0 N–H and O–H groups in total. The first-order valence-corrected chi connectivity index (χ1v) is 15.5. The fourth-order valence-corrected chi connectivity index (χ4v) is 6.58. The van der Waals surface area contributed by atoms with Gasteiger partial charge in [-0.3, -0.25) is 14.4 Å². The third-order valence-corrected chi connectivity index (χ3v) is 9.72. The molecule has 12 heteroatoms. The molecule has 2 aliphatic heterocycles. The Morgan fingerprint density at radius 3 is 1.73 bits per heavy atom. The van der Waals surface area contributed by atoms with Crippen molar-refractivity contribution in [3.63, 3.8) is 0 Å². The zero-order chi connectivity index (χ0) is 29.3. The molecule has 2 aromatic rings. The van der Waals surface area contributed by atoms with Crippen LogP contribution < -0.4 is 9.47 Å². The number of ether oxygens (including phenoxy) is 3. The van der Waals surface area contributed by atoms with Crippen molar-refractivity contribution in [1.82, 2.24) is 9.80 Å². The van der Waals surface area contributed by atoms with E-state index in [1.165, 1.54) is 12.0 Å². The highest BCUT2D eigenvalue weighted by atomic mass is 79.9. The van der Waals surface area contributed by atoms with Crippen LogP contribution in [0.4, 0.5) is 0 Å². The van der Waals surface area contributed by atoms with Gasteiger partial charge in [0.15, 0.2) is 9.84 Å².